The van der Waals surface area contributed by atoms with Gasteiger partial charge in [-0.1, -0.05) is 0 Å². The molecular weight excluding hydrogens is 334 g/mol. The Morgan fingerprint density at radius 3 is 2.65 bits per heavy atom. The molecule has 1 aromatic heterocycles. The highest BCUT2D eigenvalue weighted by atomic mass is 16.6. The first-order chi connectivity index (χ1) is 12.2. The van der Waals surface area contributed by atoms with Crippen LogP contribution in [-0.2, 0) is 16.0 Å². The third-order valence-corrected chi connectivity index (χ3v) is 4.33. The van der Waals surface area contributed by atoms with Gasteiger partial charge in [0.2, 0.25) is 0 Å². The first kappa shape index (κ1) is 20.2. The van der Waals surface area contributed by atoms with E-state index in [-0.39, 0.29) is 5.92 Å². The lowest BCUT2D eigenvalue weighted by molar-refractivity contribution is -0.143. The van der Waals surface area contributed by atoms with Gasteiger partial charge in [0.1, 0.15) is 11.4 Å². The zero-order valence-electron chi connectivity index (χ0n) is 15.8. The number of hydrogen-bond acceptors (Lipinski definition) is 5. The lowest BCUT2D eigenvalue weighted by atomic mass is 9.97. The van der Waals surface area contributed by atoms with E-state index in [0.717, 1.165) is 50.9 Å². The summed E-state index contributed by atoms with van der Waals surface area (Å²) in [7, 11) is 0. The topological polar surface area (TPSA) is 91.8 Å². The number of pyridine rings is 1. The summed E-state index contributed by atoms with van der Waals surface area (Å²) in [5, 5.41) is 11.7. The minimum Gasteiger partial charge on any atom is -0.481 e. The van der Waals surface area contributed by atoms with E-state index in [1.807, 2.05) is 32.9 Å². The molecule has 0 aliphatic carbocycles. The summed E-state index contributed by atoms with van der Waals surface area (Å²) in [5.74, 6) is -0.376. The van der Waals surface area contributed by atoms with Crippen molar-refractivity contribution in [2.75, 3.05) is 25.0 Å². The van der Waals surface area contributed by atoms with Crippen LogP contribution in [0.4, 0.5) is 10.6 Å². The molecule has 0 spiro atoms. The minimum atomic E-state index is -0.675. The molecule has 1 aliphatic heterocycles. The Hall–Kier alpha value is -2.15. The first-order valence-electron chi connectivity index (χ1n) is 9.13. The van der Waals surface area contributed by atoms with Crippen LogP contribution in [0.5, 0.6) is 0 Å². The Morgan fingerprint density at radius 2 is 2.04 bits per heavy atom. The van der Waals surface area contributed by atoms with Crippen molar-refractivity contribution in [3.8, 4) is 0 Å². The van der Waals surface area contributed by atoms with Crippen molar-refractivity contribution in [1.82, 2.24) is 9.88 Å². The number of hydrogen-bond donors (Lipinski definition) is 2. The number of piperidine rings is 1. The summed E-state index contributed by atoms with van der Waals surface area (Å²) in [6.07, 6.45) is 4.49. The predicted molar refractivity (Wildman–Crippen MR) is 99.2 cm³/mol. The largest absolute Gasteiger partial charge is 0.481 e. The van der Waals surface area contributed by atoms with Crippen molar-refractivity contribution in [2.45, 2.75) is 52.1 Å². The van der Waals surface area contributed by atoms with Gasteiger partial charge in [-0.05, 0) is 83.8 Å². The Balaban J connectivity index is 1.75. The number of carboxylic acid groups (broad SMARTS) is 1. The van der Waals surface area contributed by atoms with E-state index < -0.39 is 17.7 Å². The standard InChI is InChI=1S/C19H29N3O4/c1-19(2,3)26-18(25)21-16-13-14(6-9-20-16)5-4-10-22-11-7-15(8-12-22)17(23)24/h6,9,13,15H,4-5,7-8,10-12H2,1-3H3,(H,23,24)(H,20,21,25). The molecule has 7 heteroatoms. The number of nitrogens with zero attached hydrogens (tertiary/aromatic N) is 2. The molecule has 0 atom stereocenters. The lowest BCUT2D eigenvalue weighted by Crippen LogP contribution is -2.36. The van der Waals surface area contributed by atoms with Crippen LogP contribution in [0.25, 0.3) is 0 Å². The number of anilines is 1. The highest BCUT2D eigenvalue weighted by Crippen LogP contribution is 2.18. The van der Waals surface area contributed by atoms with Gasteiger partial charge in [-0.15, -0.1) is 0 Å². The molecule has 0 radical (unpaired) electrons. The van der Waals surface area contributed by atoms with Crippen LogP contribution in [-0.4, -0.2) is 52.3 Å². The number of aliphatic carboxylic acids is 1. The van der Waals surface area contributed by atoms with Crippen LogP contribution in [0.1, 0.15) is 45.6 Å². The number of ether oxygens (including phenoxy) is 1. The number of carboxylic acids is 1. The van der Waals surface area contributed by atoms with Crippen molar-refractivity contribution in [3.05, 3.63) is 23.9 Å². The molecule has 0 aromatic carbocycles. The smallest absolute Gasteiger partial charge is 0.413 e. The number of likely N-dealkylation sites (tertiary alicyclic amines) is 1. The Bertz CT molecular complexity index is 619. The van der Waals surface area contributed by atoms with Crippen molar-refractivity contribution in [3.63, 3.8) is 0 Å². The zero-order valence-corrected chi connectivity index (χ0v) is 15.8. The molecule has 2 heterocycles. The first-order valence-corrected chi connectivity index (χ1v) is 9.13. The predicted octanol–water partition coefficient (Wildman–Crippen LogP) is 3.16. The van der Waals surface area contributed by atoms with Gasteiger partial charge in [0.05, 0.1) is 5.92 Å². The number of carbonyl (C=O) groups excluding carboxylic acids is 1. The molecule has 144 valence electrons. The Labute approximate surface area is 154 Å². The monoisotopic (exact) mass is 363 g/mol. The molecular formula is C19H29N3O4. The SMILES string of the molecule is CC(C)(C)OC(=O)Nc1cc(CCCN2CCC(C(=O)O)CC2)ccn1. The van der Waals surface area contributed by atoms with Crippen molar-refractivity contribution in [1.29, 1.82) is 0 Å². The van der Waals surface area contributed by atoms with Crippen molar-refractivity contribution >= 4 is 17.9 Å². The molecule has 26 heavy (non-hydrogen) atoms. The van der Waals surface area contributed by atoms with E-state index >= 15 is 0 Å². The fourth-order valence-corrected chi connectivity index (χ4v) is 3.02. The summed E-state index contributed by atoms with van der Waals surface area (Å²) in [6.45, 7) is 8.09. The molecule has 1 aliphatic rings. The molecule has 1 saturated heterocycles. The molecule has 7 nitrogen and oxygen atoms in total. The van der Waals surface area contributed by atoms with E-state index in [9.17, 15) is 9.59 Å². The minimum absolute atomic E-state index is 0.187. The maximum absolute atomic E-state index is 11.8. The van der Waals surface area contributed by atoms with Gasteiger partial charge in [0.15, 0.2) is 0 Å². The van der Waals surface area contributed by atoms with E-state index in [1.54, 1.807) is 6.20 Å². The van der Waals surface area contributed by atoms with Gasteiger partial charge in [-0.3, -0.25) is 10.1 Å². The van der Waals surface area contributed by atoms with Crippen LogP contribution in [0.3, 0.4) is 0 Å². The summed E-state index contributed by atoms with van der Waals surface area (Å²) < 4.78 is 5.23. The van der Waals surface area contributed by atoms with Gasteiger partial charge >= 0.3 is 12.1 Å². The second kappa shape index (κ2) is 8.98. The number of nitrogens with one attached hydrogen (secondary N) is 1. The highest BCUT2D eigenvalue weighted by Gasteiger charge is 2.24. The average Bonchev–Trinajstić information content (AvgIpc) is 2.54. The van der Waals surface area contributed by atoms with E-state index in [0.29, 0.717) is 5.82 Å². The number of aromatic nitrogens is 1. The average molecular weight is 363 g/mol. The van der Waals surface area contributed by atoms with Gasteiger partial charge < -0.3 is 14.7 Å². The highest BCUT2D eigenvalue weighted by molar-refractivity contribution is 5.83. The van der Waals surface area contributed by atoms with Gasteiger partial charge in [0.25, 0.3) is 0 Å². The molecule has 0 saturated carbocycles. The van der Waals surface area contributed by atoms with Crippen LogP contribution in [0.2, 0.25) is 0 Å². The fraction of sp³-hybridized carbons (Fsp3) is 0.632. The van der Waals surface area contributed by atoms with Gasteiger partial charge in [-0.2, -0.15) is 0 Å². The molecule has 1 amide bonds. The van der Waals surface area contributed by atoms with E-state index in [2.05, 4.69) is 15.2 Å². The van der Waals surface area contributed by atoms with Crippen LogP contribution >= 0.6 is 0 Å². The van der Waals surface area contributed by atoms with E-state index in [1.165, 1.54) is 0 Å². The number of aryl methyl sites for hydroxylation is 1. The third-order valence-electron chi connectivity index (χ3n) is 4.33. The fourth-order valence-electron chi connectivity index (χ4n) is 3.02. The number of rotatable bonds is 6. The van der Waals surface area contributed by atoms with Crippen LogP contribution in [0.15, 0.2) is 18.3 Å². The molecule has 1 aromatic rings. The molecule has 2 rings (SSSR count). The van der Waals surface area contributed by atoms with Crippen LogP contribution in [0, 0.1) is 5.92 Å². The molecule has 0 bridgehead atoms. The maximum atomic E-state index is 11.8. The zero-order chi connectivity index (χ0) is 19.2. The van der Waals surface area contributed by atoms with Crippen LogP contribution < -0.4 is 5.32 Å². The van der Waals surface area contributed by atoms with Gasteiger partial charge in [0, 0.05) is 6.20 Å². The van der Waals surface area contributed by atoms with Gasteiger partial charge in [-0.25, -0.2) is 9.78 Å². The van der Waals surface area contributed by atoms with Crippen molar-refractivity contribution in [2.24, 2.45) is 5.92 Å². The second-order valence-corrected chi connectivity index (χ2v) is 7.73. The lowest BCUT2D eigenvalue weighted by Gasteiger charge is -2.29. The number of amides is 1. The summed E-state index contributed by atoms with van der Waals surface area (Å²) >= 11 is 0. The summed E-state index contributed by atoms with van der Waals surface area (Å²) in [6, 6.07) is 3.80. The Kier molecular flexibility index (Phi) is 6.97. The molecule has 0 unspecified atom stereocenters. The Morgan fingerprint density at radius 1 is 1.35 bits per heavy atom. The second-order valence-electron chi connectivity index (χ2n) is 7.73. The summed E-state index contributed by atoms with van der Waals surface area (Å²) in [4.78, 5) is 29.3. The normalized spacial score (nSPS) is 16.3. The third kappa shape index (κ3) is 7.00. The maximum Gasteiger partial charge on any atom is 0.413 e. The van der Waals surface area contributed by atoms with E-state index in [4.69, 9.17) is 9.84 Å². The molecule has 1 fully saturated rings. The quantitative estimate of drug-likeness (QED) is 0.807. The summed E-state index contributed by atoms with van der Waals surface area (Å²) in [5.41, 5.74) is 0.557. The van der Waals surface area contributed by atoms with Crippen molar-refractivity contribution < 1.29 is 19.4 Å². The number of carbonyl (C=O) groups is 2. The molecule has 2 N–H and O–H groups in total.